The highest BCUT2D eigenvalue weighted by atomic mass is 32.1. The second kappa shape index (κ2) is 7.11. The van der Waals surface area contributed by atoms with Crippen LogP contribution in [0, 0.1) is 24.2 Å². The Labute approximate surface area is 156 Å². The molecule has 134 valence electrons. The van der Waals surface area contributed by atoms with Gasteiger partial charge in [-0.15, -0.1) is 0 Å². The molecule has 2 fully saturated rings. The SMILES string of the molecule is Cc1cc(C#N)cnc1C(=O)NC1CCC2NNC(c3cnsc3)C2C1. The number of carbonyl (C=O) groups is 1. The van der Waals surface area contributed by atoms with E-state index < -0.39 is 0 Å². The van der Waals surface area contributed by atoms with E-state index in [-0.39, 0.29) is 18.0 Å². The Morgan fingerprint density at radius 2 is 2.27 bits per heavy atom. The van der Waals surface area contributed by atoms with E-state index in [9.17, 15) is 4.79 Å². The highest BCUT2D eigenvalue weighted by molar-refractivity contribution is 7.03. The molecule has 3 N–H and O–H groups in total. The lowest BCUT2D eigenvalue weighted by atomic mass is 9.78. The molecule has 4 atom stereocenters. The molecule has 7 nitrogen and oxygen atoms in total. The second-order valence-corrected chi connectivity index (χ2v) is 7.64. The lowest BCUT2D eigenvalue weighted by Gasteiger charge is -2.33. The third-order valence-electron chi connectivity index (χ3n) is 5.32. The zero-order chi connectivity index (χ0) is 18.1. The molecule has 0 radical (unpaired) electrons. The lowest BCUT2D eigenvalue weighted by molar-refractivity contribution is 0.0909. The molecule has 1 amide bonds. The van der Waals surface area contributed by atoms with Crippen LogP contribution in [0.25, 0.3) is 0 Å². The molecule has 0 aromatic carbocycles. The van der Waals surface area contributed by atoms with E-state index >= 15 is 0 Å². The minimum absolute atomic E-state index is 0.122. The number of aromatic nitrogens is 2. The van der Waals surface area contributed by atoms with Crippen molar-refractivity contribution in [3.8, 4) is 6.07 Å². The average molecular weight is 368 g/mol. The maximum absolute atomic E-state index is 12.6. The van der Waals surface area contributed by atoms with Crippen molar-refractivity contribution in [2.45, 2.75) is 44.3 Å². The van der Waals surface area contributed by atoms with Crippen LogP contribution in [0.15, 0.2) is 23.8 Å². The molecule has 26 heavy (non-hydrogen) atoms. The summed E-state index contributed by atoms with van der Waals surface area (Å²) < 4.78 is 4.21. The van der Waals surface area contributed by atoms with Crippen LogP contribution in [-0.2, 0) is 0 Å². The van der Waals surface area contributed by atoms with Gasteiger partial charge in [0.1, 0.15) is 11.8 Å². The molecule has 4 unspecified atom stereocenters. The first-order chi connectivity index (χ1) is 12.7. The van der Waals surface area contributed by atoms with Crippen LogP contribution in [0.4, 0.5) is 0 Å². The van der Waals surface area contributed by atoms with Gasteiger partial charge in [-0.1, -0.05) is 0 Å². The van der Waals surface area contributed by atoms with Crippen LogP contribution in [-0.4, -0.2) is 27.3 Å². The lowest BCUT2D eigenvalue weighted by Crippen LogP contribution is -2.44. The Bertz CT molecular complexity index is 846. The van der Waals surface area contributed by atoms with Crippen LogP contribution in [0.5, 0.6) is 0 Å². The summed E-state index contributed by atoms with van der Waals surface area (Å²) in [7, 11) is 0. The highest BCUT2D eigenvalue weighted by Crippen LogP contribution is 2.38. The number of pyridine rings is 1. The standard InChI is InChI=1S/C18H20N6OS/c1-10-4-11(6-19)7-20-16(10)18(25)22-13-2-3-15-14(5-13)17(24-23-15)12-8-21-26-9-12/h4,7-9,13-15,17,23-24H,2-3,5H2,1H3,(H,22,25). The first-order valence-corrected chi connectivity index (χ1v) is 9.57. The van der Waals surface area contributed by atoms with Crippen molar-refractivity contribution in [3.05, 3.63) is 46.2 Å². The molecule has 0 bridgehead atoms. The van der Waals surface area contributed by atoms with Gasteiger partial charge in [-0.25, -0.2) is 14.8 Å². The fourth-order valence-corrected chi connectivity index (χ4v) is 4.59. The molecule has 3 heterocycles. The summed E-state index contributed by atoms with van der Waals surface area (Å²) in [5.41, 5.74) is 9.57. The summed E-state index contributed by atoms with van der Waals surface area (Å²) in [5, 5.41) is 14.2. The smallest absolute Gasteiger partial charge is 0.270 e. The summed E-state index contributed by atoms with van der Waals surface area (Å²) >= 11 is 1.46. The summed E-state index contributed by atoms with van der Waals surface area (Å²) in [6.07, 6.45) is 6.22. The molecule has 1 aliphatic carbocycles. The number of fused-ring (bicyclic) bond motifs is 1. The number of nitrogens with zero attached hydrogens (tertiary/aromatic N) is 3. The third kappa shape index (κ3) is 3.21. The van der Waals surface area contributed by atoms with E-state index in [1.54, 1.807) is 6.07 Å². The fourth-order valence-electron chi connectivity index (χ4n) is 4.01. The molecular weight excluding hydrogens is 348 g/mol. The van der Waals surface area contributed by atoms with E-state index in [0.29, 0.717) is 23.2 Å². The monoisotopic (exact) mass is 368 g/mol. The first kappa shape index (κ1) is 17.1. The summed E-state index contributed by atoms with van der Waals surface area (Å²) in [6, 6.07) is 4.51. The number of amides is 1. The Balaban J connectivity index is 1.44. The van der Waals surface area contributed by atoms with Crippen LogP contribution in [0.2, 0.25) is 0 Å². The number of hydrogen-bond donors (Lipinski definition) is 3. The predicted molar refractivity (Wildman–Crippen MR) is 97.2 cm³/mol. The van der Waals surface area contributed by atoms with Gasteiger partial charge in [-0.3, -0.25) is 10.2 Å². The topological polar surface area (TPSA) is 103 Å². The maximum atomic E-state index is 12.6. The molecular formula is C18H20N6OS. The summed E-state index contributed by atoms with van der Waals surface area (Å²) in [4.78, 5) is 16.8. The van der Waals surface area contributed by atoms with Gasteiger partial charge in [-0.05, 0) is 55.3 Å². The Morgan fingerprint density at radius 3 is 3.00 bits per heavy atom. The third-order valence-corrected chi connectivity index (χ3v) is 5.92. The van der Waals surface area contributed by atoms with Crippen molar-refractivity contribution in [1.82, 2.24) is 25.5 Å². The second-order valence-electron chi connectivity index (χ2n) is 6.98. The van der Waals surface area contributed by atoms with E-state index in [0.717, 1.165) is 24.8 Å². The van der Waals surface area contributed by atoms with Gasteiger partial charge in [0.05, 0.1) is 11.6 Å². The van der Waals surface area contributed by atoms with Crippen LogP contribution >= 0.6 is 11.5 Å². The van der Waals surface area contributed by atoms with E-state index in [1.165, 1.54) is 23.3 Å². The Morgan fingerprint density at radius 1 is 1.38 bits per heavy atom. The number of hydrogen-bond acceptors (Lipinski definition) is 7. The summed E-state index contributed by atoms with van der Waals surface area (Å²) in [6.45, 7) is 1.81. The summed E-state index contributed by atoms with van der Waals surface area (Å²) in [5.74, 6) is 0.253. The largest absolute Gasteiger partial charge is 0.348 e. The van der Waals surface area contributed by atoms with Gasteiger partial charge < -0.3 is 5.32 Å². The van der Waals surface area contributed by atoms with Crippen LogP contribution in [0.1, 0.15) is 52.5 Å². The van der Waals surface area contributed by atoms with Gasteiger partial charge in [0.2, 0.25) is 0 Å². The number of carbonyl (C=O) groups excluding carboxylic acids is 1. The fraction of sp³-hybridized carbons (Fsp3) is 0.444. The number of nitriles is 1. The number of nitrogens with one attached hydrogen (secondary N) is 3. The van der Waals surface area contributed by atoms with Gasteiger partial charge in [0, 0.05) is 35.4 Å². The minimum Gasteiger partial charge on any atom is -0.348 e. The molecule has 1 saturated carbocycles. The van der Waals surface area contributed by atoms with Crippen molar-refractivity contribution in [2.75, 3.05) is 0 Å². The zero-order valence-corrected chi connectivity index (χ0v) is 15.2. The Hall–Kier alpha value is -2.34. The molecule has 4 rings (SSSR count). The van der Waals surface area contributed by atoms with Crippen molar-refractivity contribution >= 4 is 17.4 Å². The minimum atomic E-state index is -0.164. The molecule has 2 aromatic rings. The quantitative estimate of drug-likeness (QED) is 0.764. The molecule has 8 heteroatoms. The van der Waals surface area contributed by atoms with Crippen LogP contribution < -0.4 is 16.2 Å². The van der Waals surface area contributed by atoms with Gasteiger partial charge in [0.15, 0.2) is 0 Å². The van der Waals surface area contributed by atoms with Crippen molar-refractivity contribution in [1.29, 1.82) is 5.26 Å². The van der Waals surface area contributed by atoms with Crippen molar-refractivity contribution < 1.29 is 4.79 Å². The molecule has 2 aliphatic rings. The number of hydrazine groups is 1. The van der Waals surface area contributed by atoms with Gasteiger partial charge in [0.25, 0.3) is 5.91 Å². The van der Waals surface area contributed by atoms with Gasteiger partial charge >= 0.3 is 0 Å². The number of rotatable bonds is 3. The molecule has 1 aliphatic heterocycles. The van der Waals surface area contributed by atoms with Gasteiger partial charge in [-0.2, -0.15) is 5.26 Å². The molecule has 0 spiro atoms. The predicted octanol–water partition coefficient (Wildman–Crippen LogP) is 1.83. The van der Waals surface area contributed by atoms with Crippen LogP contribution in [0.3, 0.4) is 0 Å². The first-order valence-electron chi connectivity index (χ1n) is 8.73. The molecule has 2 aromatic heterocycles. The zero-order valence-electron chi connectivity index (χ0n) is 14.4. The maximum Gasteiger partial charge on any atom is 0.270 e. The van der Waals surface area contributed by atoms with Crippen molar-refractivity contribution in [2.24, 2.45) is 5.92 Å². The van der Waals surface area contributed by atoms with E-state index in [4.69, 9.17) is 5.26 Å². The molecule has 1 saturated heterocycles. The number of aryl methyl sites for hydroxylation is 1. The van der Waals surface area contributed by atoms with Crippen molar-refractivity contribution in [3.63, 3.8) is 0 Å². The van der Waals surface area contributed by atoms with E-state index in [1.807, 2.05) is 19.2 Å². The average Bonchev–Trinajstić information content (AvgIpc) is 3.30. The van der Waals surface area contributed by atoms with E-state index in [2.05, 4.69) is 30.9 Å². The highest BCUT2D eigenvalue weighted by Gasteiger charge is 2.41. The Kier molecular flexibility index (Phi) is 4.68. The normalized spacial score (nSPS) is 27.5.